The number of nitrogens with one attached hydrogen (secondary N) is 1. The smallest absolute Gasteiger partial charge is 0.203 e. The predicted molar refractivity (Wildman–Crippen MR) is 121 cm³/mol. The standard InChI is InChI=1S/C24H24FN7/c1-26-12-16-8-9-30(13-16)21-6-7-22-19(10-21)15-31-14-18(17-2-4-20(25)5-3-17)11-23(31)24-27-28-29-32(22)24/h2-7,10-11,14,16,26H,8-9,12-13,15H2,1H3. The van der Waals surface area contributed by atoms with Crippen LogP contribution >= 0.6 is 0 Å². The molecule has 0 spiro atoms. The molecule has 32 heavy (non-hydrogen) atoms. The molecule has 2 aliphatic heterocycles. The Balaban J connectivity index is 1.39. The first kappa shape index (κ1) is 19.2. The minimum Gasteiger partial charge on any atom is -0.371 e. The Bertz CT molecular complexity index is 1270. The third kappa shape index (κ3) is 3.18. The number of benzene rings is 2. The third-order valence-electron chi connectivity index (χ3n) is 6.55. The Labute approximate surface area is 185 Å². The zero-order chi connectivity index (χ0) is 21.7. The summed E-state index contributed by atoms with van der Waals surface area (Å²) in [4.78, 5) is 2.47. The lowest BCUT2D eigenvalue weighted by atomic mass is 10.1. The van der Waals surface area contributed by atoms with Crippen molar-refractivity contribution in [2.75, 3.05) is 31.6 Å². The monoisotopic (exact) mass is 429 g/mol. The van der Waals surface area contributed by atoms with Crippen LogP contribution in [0.3, 0.4) is 0 Å². The van der Waals surface area contributed by atoms with Crippen LogP contribution in [0.5, 0.6) is 0 Å². The van der Waals surface area contributed by atoms with Gasteiger partial charge in [-0.2, -0.15) is 4.68 Å². The molecule has 0 bridgehead atoms. The van der Waals surface area contributed by atoms with Crippen molar-refractivity contribution in [1.82, 2.24) is 30.1 Å². The number of hydrogen-bond donors (Lipinski definition) is 1. The molecule has 2 aliphatic rings. The van der Waals surface area contributed by atoms with Crippen molar-refractivity contribution >= 4 is 5.69 Å². The minimum absolute atomic E-state index is 0.237. The number of aromatic nitrogens is 5. The summed E-state index contributed by atoms with van der Waals surface area (Å²) in [5.41, 5.74) is 6.35. The molecule has 0 aliphatic carbocycles. The van der Waals surface area contributed by atoms with Crippen molar-refractivity contribution < 1.29 is 4.39 Å². The van der Waals surface area contributed by atoms with Crippen LogP contribution in [-0.2, 0) is 6.54 Å². The van der Waals surface area contributed by atoms with Crippen molar-refractivity contribution in [3.8, 4) is 28.3 Å². The fourth-order valence-corrected chi connectivity index (χ4v) is 4.95. The highest BCUT2D eigenvalue weighted by Gasteiger charge is 2.26. The number of hydrogen-bond acceptors (Lipinski definition) is 5. The van der Waals surface area contributed by atoms with Gasteiger partial charge in [0.1, 0.15) is 5.82 Å². The molecular formula is C24H24FN7. The van der Waals surface area contributed by atoms with E-state index < -0.39 is 0 Å². The van der Waals surface area contributed by atoms with Gasteiger partial charge in [-0.3, -0.25) is 0 Å². The lowest BCUT2D eigenvalue weighted by molar-refractivity contribution is 0.549. The topological polar surface area (TPSA) is 63.8 Å². The van der Waals surface area contributed by atoms with Crippen molar-refractivity contribution in [2.45, 2.75) is 13.0 Å². The summed E-state index contributed by atoms with van der Waals surface area (Å²) in [6.45, 7) is 3.90. The summed E-state index contributed by atoms with van der Waals surface area (Å²) in [6.07, 6.45) is 3.31. The molecule has 8 heteroatoms. The molecule has 1 N–H and O–H groups in total. The van der Waals surface area contributed by atoms with Gasteiger partial charge >= 0.3 is 0 Å². The van der Waals surface area contributed by atoms with Crippen LogP contribution in [0.4, 0.5) is 10.1 Å². The van der Waals surface area contributed by atoms with Crippen LogP contribution in [0.2, 0.25) is 0 Å². The van der Waals surface area contributed by atoms with E-state index in [0.29, 0.717) is 18.3 Å². The summed E-state index contributed by atoms with van der Waals surface area (Å²) >= 11 is 0. The van der Waals surface area contributed by atoms with Crippen molar-refractivity contribution in [3.63, 3.8) is 0 Å². The fraction of sp³-hybridized carbons (Fsp3) is 0.292. The number of anilines is 1. The van der Waals surface area contributed by atoms with E-state index in [4.69, 9.17) is 0 Å². The average Bonchev–Trinajstić information content (AvgIpc) is 3.53. The van der Waals surface area contributed by atoms with Gasteiger partial charge in [0.2, 0.25) is 5.82 Å². The maximum Gasteiger partial charge on any atom is 0.203 e. The summed E-state index contributed by atoms with van der Waals surface area (Å²) in [7, 11) is 2.02. The van der Waals surface area contributed by atoms with Crippen LogP contribution in [0, 0.1) is 11.7 Å². The zero-order valence-electron chi connectivity index (χ0n) is 17.9. The highest BCUT2D eigenvalue weighted by atomic mass is 19.1. The normalized spacial score (nSPS) is 17.1. The molecule has 1 fully saturated rings. The SMILES string of the molecule is CNCC1CCN(c2ccc3c(c2)Cn2cc(-c4ccc(F)cc4)cc2-c2nnnn2-3)C1. The molecule has 1 saturated heterocycles. The molecule has 1 unspecified atom stereocenters. The summed E-state index contributed by atoms with van der Waals surface area (Å²) in [6, 6.07) is 15.2. The average molecular weight is 430 g/mol. The Morgan fingerprint density at radius 3 is 2.81 bits per heavy atom. The van der Waals surface area contributed by atoms with Gasteiger partial charge in [-0.15, -0.1) is 5.10 Å². The molecule has 0 amide bonds. The van der Waals surface area contributed by atoms with Gasteiger partial charge < -0.3 is 14.8 Å². The molecule has 0 radical (unpaired) electrons. The van der Waals surface area contributed by atoms with E-state index in [1.54, 1.807) is 12.1 Å². The van der Waals surface area contributed by atoms with Crippen LogP contribution in [-0.4, -0.2) is 51.5 Å². The first-order valence-electron chi connectivity index (χ1n) is 11.0. The van der Waals surface area contributed by atoms with E-state index in [1.165, 1.54) is 29.8 Å². The van der Waals surface area contributed by atoms with Gasteiger partial charge in [-0.1, -0.05) is 12.1 Å². The van der Waals surface area contributed by atoms with Crippen molar-refractivity contribution in [1.29, 1.82) is 0 Å². The molecule has 162 valence electrons. The first-order valence-corrected chi connectivity index (χ1v) is 11.0. The molecule has 7 nitrogen and oxygen atoms in total. The number of fused-ring (bicyclic) bond motifs is 5. The van der Waals surface area contributed by atoms with Gasteiger partial charge in [0.15, 0.2) is 0 Å². The second kappa shape index (κ2) is 7.56. The van der Waals surface area contributed by atoms with Gasteiger partial charge in [0, 0.05) is 37.1 Å². The van der Waals surface area contributed by atoms with Gasteiger partial charge in [-0.05, 0) is 83.9 Å². The maximum atomic E-state index is 13.4. The molecule has 2 aromatic carbocycles. The fourth-order valence-electron chi connectivity index (χ4n) is 4.95. The zero-order valence-corrected chi connectivity index (χ0v) is 17.9. The highest BCUT2D eigenvalue weighted by Crippen LogP contribution is 2.35. The number of tetrazole rings is 1. The lowest BCUT2D eigenvalue weighted by Crippen LogP contribution is -2.24. The van der Waals surface area contributed by atoms with E-state index in [1.807, 2.05) is 11.7 Å². The molecule has 2 aromatic heterocycles. The van der Waals surface area contributed by atoms with E-state index >= 15 is 0 Å². The summed E-state index contributed by atoms with van der Waals surface area (Å²) < 4.78 is 17.4. The van der Waals surface area contributed by atoms with E-state index in [-0.39, 0.29) is 5.82 Å². The van der Waals surface area contributed by atoms with Crippen LogP contribution in [0.15, 0.2) is 54.7 Å². The van der Waals surface area contributed by atoms with Crippen molar-refractivity contribution in [2.24, 2.45) is 5.92 Å². The number of rotatable bonds is 4. The van der Waals surface area contributed by atoms with E-state index in [0.717, 1.165) is 42.1 Å². The van der Waals surface area contributed by atoms with Gasteiger partial charge in [0.25, 0.3) is 0 Å². The lowest BCUT2D eigenvalue weighted by Gasteiger charge is -2.20. The molecule has 4 aromatic rings. The molecule has 1 atom stereocenters. The molecule has 4 heterocycles. The Hall–Kier alpha value is -3.52. The maximum absolute atomic E-state index is 13.4. The Morgan fingerprint density at radius 1 is 1.09 bits per heavy atom. The van der Waals surface area contributed by atoms with E-state index in [9.17, 15) is 4.39 Å². The van der Waals surface area contributed by atoms with E-state index in [2.05, 4.69) is 60.8 Å². The number of nitrogens with zero attached hydrogens (tertiary/aromatic N) is 6. The van der Waals surface area contributed by atoms with Crippen LogP contribution < -0.4 is 10.2 Å². The minimum atomic E-state index is -0.237. The Kier molecular flexibility index (Phi) is 4.53. The third-order valence-corrected chi connectivity index (χ3v) is 6.55. The van der Waals surface area contributed by atoms with Crippen LogP contribution in [0.25, 0.3) is 28.3 Å². The second-order valence-electron chi connectivity index (χ2n) is 8.63. The quantitative estimate of drug-likeness (QED) is 0.475. The number of halogens is 1. The molecule has 0 saturated carbocycles. The van der Waals surface area contributed by atoms with Crippen molar-refractivity contribution in [3.05, 3.63) is 66.1 Å². The molecule has 6 rings (SSSR count). The first-order chi connectivity index (χ1) is 15.7. The summed E-state index contributed by atoms with van der Waals surface area (Å²) in [5.74, 6) is 1.15. The predicted octanol–water partition coefficient (Wildman–Crippen LogP) is 3.34. The van der Waals surface area contributed by atoms with Gasteiger partial charge in [-0.25, -0.2) is 4.39 Å². The summed E-state index contributed by atoms with van der Waals surface area (Å²) in [5, 5.41) is 15.8. The second-order valence-corrected chi connectivity index (χ2v) is 8.63. The van der Waals surface area contributed by atoms with Crippen LogP contribution in [0.1, 0.15) is 12.0 Å². The molecular weight excluding hydrogens is 405 g/mol. The van der Waals surface area contributed by atoms with Gasteiger partial charge in [0.05, 0.1) is 11.4 Å². The Morgan fingerprint density at radius 2 is 1.97 bits per heavy atom. The largest absolute Gasteiger partial charge is 0.371 e. The highest BCUT2D eigenvalue weighted by molar-refractivity contribution is 5.71.